The standard InChI is InChI=1S/C24H29N3O4S/c1-31-23-12-11-21(19-22(23)27-14-6-10-24(27)28)32(29,30)26-17-15-25(16-18-26)13-5-9-20-7-3-2-4-8-20/h2-5,7-9,11-12,19H,6,10,13-18H2,1H3/b9-5+. The number of anilines is 1. The number of rotatable bonds is 7. The van der Waals surface area contributed by atoms with Crippen molar-refractivity contribution in [1.82, 2.24) is 9.21 Å². The Kier molecular flexibility index (Phi) is 6.93. The summed E-state index contributed by atoms with van der Waals surface area (Å²) in [5, 5.41) is 0. The van der Waals surface area contributed by atoms with E-state index < -0.39 is 10.0 Å². The number of carbonyl (C=O) groups is 1. The number of hydrogen-bond acceptors (Lipinski definition) is 5. The van der Waals surface area contributed by atoms with E-state index in [1.54, 1.807) is 23.1 Å². The molecule has 2 aromatic rings. The zero-order valence-electron chi connectivity index (χ0n) is 18.3. The summed E-state index contributed by atoms with van der Waals surface area (Å²) in [6, 6.07) is 14.9. The maximum atomic E-state index is 13.3. The van der Waals surface area contributed by atoms with Gasteiger partial charge in [0.15, 0.2) is 0 Å². The van der Waals surface area contributed by atoms with Crippen molar-refractivity contribution < 1.29 is 17.9 Å². The Morgan fingerprint density at radius 3 is 2.41 bits per heavy atom. The molecule has 2 fully saturated rings. The molecule has 0 N–H and O–H groups in total. The third kappa shape index (κ3) is 4.87. The highest BCUT2D eigenvalue weighted by atomic mass is 32.2. The summed E-state index contributed by atoms with van der Waals surface area (Å²) in [5.41, 5.74) is 1.68. The Morgan fingerprint density at radius 2 is 1.75 bits per heavy atom. The highest BCUT2D eigenvalue weighted by molar-refractivity contribution is 7.89. The van der Waals surface area contributed by atoms with E-state index in [4.69, 9.17) is 4.74 Å². The van der Waals surface area contributed by atoms with Crippen molar-refractivity contribution >= 4 is 27.7 Å². The second-order valence-electron chi connectivity index (χ2n) is 8.00. The van der Waals surface area contributed by atoms with E-state index in [9.17, 15) is 13.2 Å². The van der Waals surface area contributed by atoms with Crippen LogP contribution >= 0.6 is 0 Å². The van der Waals surface area contributed by atoms with Gasteiger partial charge in [-0.15, -0.1) is 0 Å². The molecule has 0 bridgehead atoms. The molecule has 7 nitrogen and oxygen atoms in total. The van der Waals surface area contributed by atoms with Crippen LogP contribution in [0.15, 0.2) is 59.5 Å². The molecular formula is C24H29N3O4S. The lowest BCUT2D eigenvalue weighted by molar-refractivity contribution is -0.117. The van der Waals surface area contributed by atoms with Gasteiger partial charge in [0.1, 0.15) is 5.75 Å². The molecule has 2 aromatic carbocycles. The summed E-state index contributed by atoms with van der Waals surface area (Å²) in [7, 11) is -2.12. The van der Waals surface area contributed by atoms with E-state index in [1.165, 1.54) is 11.4 Å². The number of hydrogen-bond donors (Lipinski definition) is 0. The molecule has 0 atom stereocenters. The van der Waals surface area contributed by atoms with Crippen LogP contribution in [0.1, 0.15) is 18.4 Å². The monoisotopic (exact) mass is 455 g/mol. The van der Waals surface area contributed by atoms with Crippen molar-refractivity contribution in [2.75, 3.05) is 51.3 Å². The molecule has 8 heteroatoms. The van der Waals surface area contributed by atoms with Crippen LogP contribution in [-0.2, 0) is 14.8 Å². The van der Waals surface area contributed by atoms with Crippen LogP contribution in [0.3, 0.4) is 0 Å². The second kappa shape index (κ2) is 9.85. The molecule has 2 saturated heterocycles. The molecule has 2 aliphatic heterocycles. The van der Waals surface area contributed by atoms with Crippen LogP contribution in [0.2, 0.25) is 0 Å². The first-order valence-corrected chi connectivity index (χ1v) is 12.4. The van der Waals surface area contributed by atoms with Gasteiger partial charge in [-0.1, -0.05) is 42.5 Å². The highest BCUT2D eigenvalue weighted by Gasteiger charge is 2.31. The smallest absolute Gasteiger partial charge is 0.243 e. The van der Waals surface area contributed by atoms with E-state index in [2.05, 4.69) is 29.2 Å². The van der Waals surface area contributed by atoms with E-state index in [0.29, 0.717) is 50.6 Å². The van der Waals surface area contributed by atoms with Crippen LogP contribution in [0.4, 0.5) is 5.69 Å². The molecule has 0 saturated carbocycles. The third-order valence-electron chi connectivity index (χ3n) is 5.96. The van der Waals surface area contributed by atoms with Gasteiger partial charge in [-0.2, -0.15) is 4.31 Å². The molecule has 0 spiro atoms. The SMILES string of the molecule is COc1ccc(S(=O)(=O)N2CCN(C/C=C/c3ccccc3)CC2)cc1N1CCCC1=O. The van der Waals surface area contributed by atoms with Crippen LogP contribution in [-0.4, -0.2) is 69.9 Å². The number of methoxy groups -OCH3 is 1. The number of piperazine rings is 1. The van der Waals surface area contributed by atoms with Gasteiger partial charge in [-0.25, -0.2) is 8.42 Å². The quantitative estimate of drug-likeness (QED) is 0.642. The minimum atomic E-state index is -3.65. The minimum absolute atomic E-state index is 0.00461. The van der Waals surface area contributed by atoms with Crippen LogP contribution in [0, 0.1) is 0 Å². The topological polar surface area (TPSA) is 70.2 Å². The first-order chi connectivity index (χ1) is 15.5. The van der Waals surface area contributed by atoms with Gasteiger partial charge in [0, 0.05) is 45.7 Å². The normalized spacial score (nSPS) is 18.5. The fourth-order valence-corrected chi connectivity index (χ4v) is 5.59. The van der Waals surface area contributed by atoms with Crippen molar-refractivity contribution in [2.24, 2.45) is 0 Å². The summed E-state index contributed by atoms with van der Waals surface area (Å²) in [6.07, 6.45) is 5.43. The van der Waals surface area contributed by atoms with Crippen LogP contribution in [0.5, 0.6) is 5.75 Å². The van der Waals surface area contributed by atoms with Gasteiger partial charge in [0.05, 0.1) is 17.7 Å². The van der Waals surface area contributed by atoms with Crippen molar-refractivity contribution in [3.05, 3.63) is 60.2 Å². The summed E-state index contributed by atoms with van der Waals surface area (Å²) >= 11 is 0. The number of nitrogens with zero attached hydrogens (tertiary/aromatic N) is 3. The molecule has 2 heterocycles. The number of sulfonamides is 1. The Labute approximate surface area is 189 Å². The van der Waals surface area contributed by atoms with E-state index in [-0.39, 0.29) is 10.8 Å². The number of ether oxygens (including phenoxy) is 1. The lowest BCUT2D eigenvalue weighted by Gasteiger charge is -2.33. The van der Waals surface area contributed by atoms with Gasteiger partial charge < -0.3 is 9.64 Å². The predicted octanol–water partition coefficient (Wildman–Crippen LogP) is 2.84. The number of benzene rings is 2. The molecule has 32 heavy (non-hydrogen) atoms. The van der Waals surface area contributed by atoms with Crippen LogP contribution < -0.4 is 9.64 Å². The molecule has 0 aromatic heterocycles. The first-order valence-electron chi connectivity index (χ1n) is 10.9. The van der Waals surface area contributed by atoms with E-state index >= 15 is 0 Å². The van der Waals surface area contributed by atoms with Gasteiger partial charge >= 0.3 is 0 Å². The van der Waals surface area contributed by atoms with Gasteiger partial charge in [0.25, 0.3) is 0 Å². The predicted molar refractivity (Wildman–Crippen MR) is 125 cm³/mol. The van der Waals surface area contributed by atoms with Gasteiger partial charge in [0.2, 0.25) is 15.9 Å². The second-order valence-corrected chi connectivity index (χ2v) is 9.94. The third-order valence-corrected chi connectivity index (χ3v) is 7.85. The van der Waals surface area contributed by atoms with Crippen LogP contribution in [0.25, 0.3) is 6.08 Å². The Bertz CT molecular complexity index is 1080. The summed E-state index contributed by atoms with van der Waals surface area (Å²) < 4.78 is 33.5. The van der Waals surface area contributed by atoms with Gasteiger partial charge in [-0.05, 0) is 30.2 Å². The number of amides is 1. The molecular weight excluding hydrogens is 426 g/mol. The molecule has 4 rings (SSSR count). The lowest BCUT2D eigenvalue weighted by Crippen LogP contribution is -2.48. The molecule has 0 unspecified atom stereocenters. The Hall–Kier alpha value is -2.68. The maximum absolute atomic E-state index is 13.3. The average Bonchev–Trinajstić information content (AvgIpc) is 3.25. The molecule has 2 aliphatic rings. The van der Waals surface area contributed by atoms with Crippen molar-refractivity contribution in [3.8, 4) is 5.75 Å². The van der Waals surface area contributed by atoms with E-state index in [1.807, 2.05) is 18.2 Å². The lowest BCUT2D eigenvalue weighted by atomic mass is 10.2. The Balaban J connectivity index is 1.42. The largest absolute Gasteiger partial charge is 0.495 e. The molecule has 0 aliphatic carbocycles. The van der Waals surface area contributed by atoms with Gasteiger partial charge in [-0.3, -0.25) is 9.69 Å². The average molecular weight is 456 g/mol. The summed E-state index contributed by atoms with van der Waals surface area (Å²) in [5.74, 6) is 0.504. The van der Waals surface area contributed by atoms with Crippen molar-refractivity contribution in [1.29, 1.82) is 0 Å². The molecule has 1 amide bonds. The highest BCUT2D eigenvalue weighted by Crippen LogP contribution is 2.34. The fraction of sp³-hybridized carbons (Fsp3) is 0.375. The number of carbonyl (C=O) groups excluding carboxylic acids is 1. The van der Waals surface area contributed by atoms with Crippen molar-refractivity contribution in [2.45, 2.75) is 17.7 Å². The first kappa shape index (κ1) is 22.5. The Morgan fingerprint density at radius 1 is 1.00 bits per heavy atom. The fourth-order valence-electron chi connectivity index (χ4n) is 4.15. The van der Waals surface area contributed by atoms with Crippen molar-refractivity contribution in [3.63, 3.8) is 0 Å². The summed E-state index contributed by atoms with van der Waals surface area (Å²) in [6.45, 7) is 3.58. The molecule has 0 radical (unpaired) electrons. The maximum Gasteiger partial charge on any atom is 0.243 e. The minimum Gasteiger partial charge on any atom is -0.495 e. The molecule has 170 valence electrons. The summed E-state index contributed by atoms with van der Waals surface area (Å²) in [4.78, 5) is 16.3. The zero-order valence-corrected chi connectivity index (χ0v) is 19.1. The zero-order chi connectivity index (χ0) is 22.6. The van der Waals surface area contributed by atoms with E-state index in [0.717, 1.165) is 18.5 Å².